The van der Waals surface area contributed by atoms with Crippen molar-refractivity contribution in [3.63, 3.8) is 0 Å². The molecule has 0 unspecified atom stereocenters. The van der Waals surface area contributed by atoms with Gasteiger partial charge in [0.05, 0.1) is 0 Å². The van der Waals surface area contributed by atoms with Gasteiger partial charge in [-0.3, -0.25) is 4.98 Å². The summed E-state index contributed by atoms with van der Waals surface area (Å²) in [4.78, 5) is 2.93. The second-order valence-electron chi connectivity index (χ2n) is 3.31. The van der Waals surface area contributed by atoms with Crippen LogP contribution < -0.4 is 21.2 Å². The molecule has 0 saturated carbocycles. The molecule has 0 saturated heterocycles. The molecule has 0 atom stereocenters. The molecule has 0 fully saturated rings. The van der Waals surface area contributed by atoms with Crippen LogP contribution in [-0.4, -0.2) is 14.3 Å². The van der Waals surface area contributed by atoms with Crippen molar-refractivity contribution >= 4 is 8.72 Å². The van der Waals surface area contributed by atoms with E-state index in [2.05, 4.69) is 4.98 Å². The standard InChI is InChI=1S/C4H16N4Si/c1-4(2,3)8-9(5,6)7/h8H,5-7H2,1-3H3. The largest absolute Gasteiger partial charge is 0.358 e. The van der Waals surface area contributed by atoms with E-state index in [9.17, 15) is 0 Å². The minimum atomic E-state index is -2.54. The Kier molecular flexibility index (Phi) is 2.37. The van der Waals surface area contributed by atoms with Crippen molar-refractivity contribution in [2.45, 2.75) is 26.3 Å². The maximum atomic E-state index is 5.40. The van der Waals surface area contributed by atoms with Crippen LogP contribution in [0.1, 0.15) is 20.8 Å². The summed E-state index contributed by atoms with van der Waals surface area (Å²) in [6.07, 6.45) is 0. The van der Waals surface area contributed by atoms with Gasteiger partial charge >= 0.3 is 8.72 Å². The summed E-state index contributed by atoms with van der Waals surface area (Å²) >= 11 is 0. The van der Waals surface area contributed by atoms with Crippen LogP contribution in [-0.2, 0) is 0 Å². The lowest BCUT2D eigenvalue weighted by Crippen LogP contribution is -2.78. The van der Waals surface area contributed by atoms with Crippen LogP contribution in [0.15, 0.2) is 0 Å². The molecule has 5 heteroatoms. The van der Waals surface area contributed by atoms with Gasteiger partial charge in [0, 0.05) is 5.54 Å². The van der Waals surface area contributed by atoms with E-state index in [0.717, 1.165) is 0 Å². The molecular weight excluding hydrogens is 132 g/mol. The Labute approximate surface area is 57.1 Å². The minimum Gasteiger partial charge on any atom is -0.314 e. The number of nitrogens with one attached hydrogen (secondary N) is 1. The topological polar surface area (TPSA) is 90.1 Å². The summed E-state index contributed by atoms with van der Waals surface area (Å²) in [6, 6.07) is 0. The van der Waals surface area contributed by atoms with Gasteiger partial charge in [0.15, 0.2) is 0 Å². The van der Waals surface area contributed by atoms with Crippen molar-refractivity contribution in [1.82, 2.24) is 4.98 Å². The molecular formula is C4H16N4Si. The van der Waals surface area contributed by atoms with E-state index in [4.69, 9.17) is 16.2 Å². The van der Waals surface area contributed by atoms with Crippen LogP contribution in [0.2, 0.25) is 0 Å². The molecule has 0 aromatic heterocycles. The Morgan fingerprint density at radius 1 is 1.11 bits per heavy atom. The third-order valence-corrected chi connectivity index (χ3v) is 1.77. The van der Waals surface area contributed by atoms with Gasteiger partial charge in [0.25, 0.3) is 0 Å². The smallest absolute Gasteiger partial charge is 0.314 e. The van der Waals surface area contributed by atoms with Crippen LogP contribution in [0.4, 0.5) is 0 Å². The first-order valence-electron chi connectivity index (χ1n) is 2.87. The van der Waals surface area contributed by atoms with Crippen LogP contribution >= 0.6 is 0 Å². The minimum absolute atomic E-state index is 0.0789. The van der Waals surface area contributed by atoms with Crippen molar-refractivity contribution in [1.29, 1.82) is 0 Å². The average molecular weight is 148 g/mol. The van der Waals surface area contributed by atoms with Gasteiger partial charge in [0.2, 0.25) is 0 Å². The third kappa shape index (κ3) is 8.06. The SMILES string of the molecule is CC(C)(C)N[Si](N)(N)N. The number of nitrogens with two attached hydrogens (primary N) is 3. The summed E-state index contributed by atoms with van der Waals surface area (Å²) in [5, 5.41) is 16.2. The molecule has 0 spiro atoms. The monoisotopic (exact) mass is 148 g/mol. The number of hydrogen-bond acceptors (Lipinski definition) is 4. The van der Waals surface area contributed by atoms with Crippen LogP contribution in [0.3, 0.4) is 0 Å². The first-order valence-corrected chi connectivity index (χ1v) is 5.10. The lowest BCUT2D eigenvalue weighted by atomic mass is 10.1. The first-order chi connectivity index (χ1) is 3.71. The molecule has 7 N–H and O–H groups in total. The molecule has 0 aliphatic heterocycles. The highest BCUT2D eigenvalue weighted by molar-refractivity contribution is 6.67. The summed E-state index contributed by atoms with van der Waals surface area (Å²) in [5.74, 6) is 0. The van der Waals surface area contributed by atoms with Gasteiger partial charge in [-0.25, -0.2) is 0 Å². The Balaban J connectivity index is 3.75. The van der Waals surface area contributed by atoms with Crippen molar-refractivity contribution in [3.05, 3.63) is 0 Å². The van der Waals surface area contributed by atoms with Gasteiger partial charge in [0.1, 0.15) is 0 Å². The second kappa shape index (κ2) is 2.35. The fourth-order valence-corrected chi connectivity index (χ4v) is 1.95. The molecule has 0 rings (SSSR count). The molecule has 56 valence electrons. The zero-order valence-corrected chi connectivity index (χ0v) is 7.23. The van der Waals surface area contributed by atoms with Crippen molar-refractivity contribution in [2.75, 3.05) is 0 Å². The Hall–Kier alpha value is 0.0569. The molecule has 0 aliphatic rings. The van der Waals surface area contributed by atoms with E-state index in [1.54, 1.807) is 0 Å². The summed E-state index contributed by atoms with van der Waals surface area (Å²) in [6.45, 7) is 5.92. The summed E-state index contributed by atoms with van der Waals surface area (Å²) in [7, 11) is -2.54. The van der Waals surface area contributed by atoms with Crippen molar-refractivity contribution in [2.24, 2.45) is 16.2 Å². The molecule has 0 aromatic rings. The van der Waals surface area contributed by atoms with Crippen LogP contribution in [0.5, 0.6) is 0 Å². The van der Waals surface area contributed by atoms with E-state index < -0.39 is 8.72 Å². The van der Waals surface area contributed by atoms with Crippen molar-refractivity contribution in [3.8, 4) is 0 Å². The van der Waals surface area contributed by atoms with Gasteiger partial charge in [-0.1, -0.05) is 0 Å². The van der Waals surface area contributed by atoms with Crippen LogP contribution in [0, 0.1) is 0 Å². The Morgan fingerprint density at radius 3 is 1.44 bits per heavy atom. The van der Waals surface area contributed by atoms with Crippen LogP contribution in [0.25, 0.3) is 0 Å². The Bertz CT molecular complexity index is 77.7. The van der Waals surface area contributed by atoms with E-state index in [0.29, 0.717) is 0 Å². The number of hydrogen-bond donors (Lipinski definition) is 4. The predicted octanol–water partition coefficient (Wildman–Crippen LogP) is -1.31. The highest BCUT2D eigenvalue weighted by Crippen LogP contribution is 1.97. The zero-order chi connectivity index (χ0) is 7.71. The maximum absolute atomic E-state index is 5.40. The lowest BCUT2D eigenvalue weighted by Gasteiger charge is -2.27. The van der Waals surface area contributed by atoms with Gasteiger partial charge in [-0.05, 0) is 20.8 Å². The average Bonchev–Trinajstić information content (AvgIpc) is 1.14. The molecule has 0 heterocycles. The number of rotatable bonds is 1. The second-order valence-corrected chi connectivity index (χ2v) is 5.42. The molecule has 0 bridgehead atoms. The van der Waals surface area contributed by atoms with Gasteiger partial charge in [-0.15, -0.1) is 0 Å². The van der Waals surface area contributed by atoms with E-state index in [1.807, 2.05) is 20.8 Å². The molecule has 4 nitrogen and oxygen atoms in total. The lowest BCUT2D eigenvalue weighted by molar-refractivity contribution is 0.508. The third-order valence-electron chi connectivity index (χ3n) is 0.592. The summed E-state index contributed by atoms with van der Waals surface area (Å²) in [5.41, 5.74) is -0.0789. The summed E-state index contributed by atoms with van der Waals surface area (Å²) < 4.78 is 0. The molecule has 0 amide bonds. The van der Waals surface area contributed by atoms with E-state index >= 15 is 0 Å². The van der Waals surface area contributed by atoms with Gasteiger partial charge in [-0.2, -0.15) is 0 Å². The maximum Gasteiger partial charge on any atom is 0.358 e. The fourth-order valence-electron chi connectivity index (χ4n) is 0.650. The molecule has 0 aliphatic carbocycles. The predicted molar refractivity (Wildman–Crippen MR) is 41.2 cm³/mol. The zero-order valence-electron chi connectivity index (χ0n) is 6.23. The van der Waals surface area contributed by atoms with Gasteiger partial charge < -0.3 is 16.2 Å². The fraction of sp³-hybridized carbons (Fsp3) is 1.00. The quantitative estimate of drug-likeness (QED) is 0.347. The molecule has 0 aromatic carbocycles. The normalized spacial score (nSPS) is 14.0. The molecule has 0 radical (unpaired) electrons. The first kappa shape index (κ1) is 9.06. The highest BCUT2D eigenvalue weighted by atomic mass is 28.4. The van der Waals surface area contributed by atoms with Crippen molar-refractivity contribution < 1.29 is 0 Å². The highest BCUT2D eigenvalue weighted by Gasteiger charge is 2.24. The van der Waals surface area contributed by atoms with E-state index in [-0.39, 0.29) is 5.54 Å². The molecule has 9 heavy (non-hydrogen) atoms. The van der Waals surface area contributed by atoms with E-state index in [1.165, 1.54) is 0 Å². The Morgan fingerprint density at radius 2 is 1.44 bits per heavy atom.